The molecule has 1 spiro atoms. The molecule has 1 aromatic carbocycles. The Hall–Kier alpha value is -2.51. The molecule has 8 heteroatoms. The summed E-state index contributed by atoms with van der Waals surface area (Å²) < 4.78 is 12.3. The molecule has 2 fully saturated rings. The molecule has 1 aliphatic carbocycles. The average molecular weight is 448 g/mol. The Morgan fingerprint density at radius 1 is 1.16 bits per heavy atom. The Morgan fingerprint density at radius 3 is 2.58 bits per heavy atom. The van der Waals surface area contributed by atoms with Gasteiger partial charge in [-0.3, -0.25) is 9.59 Å². The molecule has 0 radical (unpaired) electrons. The Bertz CT molecular complexity index is 1020. The molecule has 1 amide bonds. The lowest BCUT2D eigenvalue weighted by Gasteiger charge is -2.34. The van der Waals surface area contributed by atoms with Crippen molar-refractivity contribution in [2.45, 2.75) is 38.3 Å². The van der Waals surface area contributed by atoms with Crippen LogP contribution >= 0.6 is 12.4 Å². The fraction of sp³-hybridized carbons (Fsp3) is 0.478. The van der Waals surface area contributed by atoms with Crippen molar-refractivity contribution < 1.29 is 14.3 Å². The number of carbonyl (C=O) groups is 1. The number of nitrogens with zero attached hydrogens (tertiary/aromatic N) is 2. The Kier molecular flexibility index (Phi) is 6.96. The molecule has 0 bridgehead atoms. The summed E-state index contributed by atoms with van der Waals surface area (Å²) >= 11 is 0. The lowest BCUT2D eigenvalue weighted by Crippen LogP contribution is -2.55. The van der Waals surface area contributed by atoms with Crippen molar-refractivity contribution in [1.82, 2.24) is 14.8 Å². The predicted octanol–water partition coefficient (Wildman–Crippen LogP) is 2.42. The zero-order valence-corrected chi connectivity index (χ0v) is 19.1. The van der Waals surface area contributed by atoms with Crippen LogP contribution in [0.1, 0.15) is 34.3 Å². The molecule has 4 rings (SSSR count). The van der Waals surface area contributed by atoms with Crippen molar-refractivity contribution in [3.05, 3.63) is 57.5 Å². The maximum Gasteiger partial charge on any atom is 0.263 e. The van der Waals surface area contributed by atoms with Crippen LogP contribution in [0.15, 0.2) is 35.3 Å². The number of aromatic nitrogens is 1. The van der Waals surface area contributed by atoms with Crippen LogP contribution in [0, 0.1) is 6.92 Å². The van der Waals surface area contributed by atoms with E-state index in [1.54, 1.807) is 25.0 Å². The lowest BCUT2D eigenvalue weighted by molar-refractivity contribution is 0.0688. The summed E-state index contributed by atoms with van der Waals surface area (Å²) in [7, 11) is 3.21. The summed E-state index contributed by atoms with van der Waals surface area (Å²) in [6.45, 7) is 4.43. The summed E-state index contributed by atoms with van der Waals surface area (Å²) in [5.74, 6) is 1.19. The summed E-state index contributed by atoms with van der Waals surface area (Å²) in [5.41, 5.74) is 1.93. The molecule has 0 atom stereocenters. The number of halogens is 1. The highest BCUT2D eigenvalue weighted by Gasteiger charge is 2.46. The van der Waals surface area contributed by atoms with Crippen molar-refractivity contribution in [3.8, 4) is 11.5 Å². The van der Waals surface area contributed by atoms with Crippen LogP contribution in [0.2, 0.25) is 0 Å². The third-order valence-electron chi connectivity index (χ3n) is 6.19. The van der Waals surface area contributed by atoms with Crippen LogP contribution < -0.4 is 20.3 Å². The number of benzene rings is 1. The van der Waals surface area contributed by atoms with Crippen molar-refractivity contribution in [2.24, 2.45) is 0 Å². The largest absolute Gasteiger partial charge is 0.493 e. The van der Waals surface area contributed by atoms with Gasteiger partial charge in [-0.1, -0.05) is 6.07 Å². The molecular weight excluding hydrogens is 418 g/mol. The van der Waals surface area contributed by atoms with E-state index in [2.05, 4.69) is 5.32 Å². The zero-order valence-electron chi connectivity index (χ0n) is 18.3. The first-order valence-electron chi connectivity index (χ1n) is 10.4. The van der Waals surface area contributed by atoms with Crippen molar-refractivity contribution in [2.75, 3.05) is 33.9 Å². The van der Waals surface area contributed by atoms with Crippen LogP contribution in [0.5, 0.6) is 11.5 Å². The van der Waals surface area contributed by atoms with E-state index >= 15 is 0 Å². The Labute approximate surface area is 188 Å². The van der Waals surface area contributed by atoms with Gasteiger partial charge in [0, 0.05) is 37.9 Å². The first kappa shape index (κ1) is 23.2. The molecular formula is C23H30ClN3O4. The van der Waals surface area contributed by atoms with Crippen LogP contribution in [0.3, 0.4) is 0 Å². The molecule has 168 valence electrons. The minimum absolute atomic E-state index is 0. The van der Waals surface area contributed by atoms with Crippen molar-refractivity contribution in [3.63, 3.8) is 0 Å². The van der Waals surface area contributed by atoms with E-state index in [4.69, 9.17) is 9.47 Å². The number of hydrogen-bond acceptors (Lipinski definition) is 5. The summed E-state index contributed by atoms with van der Waals surface area (Å²) in [6, 6.07) is 7.60. The molecule has 2 heterocycles. The molecule has 1 N–H and O–H groups in total. The van der Waals surface area contributed by atoms with Gasteiger partial charge in [-0.05, 0) is 55.5 Å². The highest BCUT2D eigenvalue weighted by molar-refractivity contribution is 5.95. The number of methoxy groups -OCH3 is 2. The maximum absolute atomic E-state index is 13.2. The summed E-state index contributed by atoms with van der Waals surface area (Å²) in [6.07, 6.45) is 4.61. The smallest absolute Gasteiger partial charge is 0.263 e. The van der Waals surface area contributed by atoms with Crippen molar-refractivity contribution >= 4 is 18.3 Å². The quantitative estimate of drug-likeness (QED) is 0.736. The number of carbonyl (C=O) groups excluding carboxylic acids is 1. The molecule has 0 unspecified atom stereocenters. The predicted molar refractivity (Wildman–Crippen MR) is 122 cm³/mol. The highest BCUT2D eigenvalue weighted by Crippen LogP contribution is 2.37. The van der Waals surface area contributed by atoms with Gasteiger partial charge >= 0.3 is 0 Å². The number of amides is 1. The molecule has 1 aliphatic heterocycles. The topological polar surface area (TPSA) is 72.8 Å². The van der Waals surface area contributed by atoms with Gasteiger partial charge in [0.05, 0.1) is 14.2 Å². The van der Waals surface area contributed by atoms with Gasteiger partial charge in [-0.25, -0.2) is 0 Å². The highest BCUT2D eigenvalue weighted by atomic mass is 35.5. The number of ether oxygens (including phenoxy) is 2. The van der Waals surface area contributed by atoms with Crippen LogP contribution in [-0.4, -0.2) is 54.8 Å². The van der Waals surface area contributed by atoms with E-state index in [-0.39, 0.29) is 29.4 Å². The van der Waals surface area contributed by atoms with E-state index in [0.29, 0.717) is 43.1 Å². The molecule has 7 nitrogen and oxygen atoms in total. The van der Waals surface area contributed by atoms with Gasteiger partial charge in [-0.2, -0.15) is 0 Å². The Balaban J connectivity index is 0.00000272. The van der Waals surface area contributed by atoms with Gasteiger partial charge in [0.1, 0.15) is 5.56 Å². The fourth-order valence-corrected chi connectivity index (χ4v) is 4.16. The van der Waals surface area contributed by atoms with Gasteiger partial charge < -0.3 is 24.3 Å². The van der Waals surface area contributed by atoms with E-state index < -0.39 is 0 Å². The molecule has 31 heavy (non-hydrogen) atoms. The summed E-state index contributed by atoms with van der Waals surface area (Å²) in [5, 5.41) is 3.51. The minimum Gasteiger partial charge on any atom is -0.493 e. The van der Waals surface area contributed by atoms with Crippen LogP contribution in [-0.2, 0) is 13.0 Å². The van der Waals surface area contributed by atoms with Gasteiger partial charge in [0.15, 0.2) is 11.5 Å². The maximum atomic E-state index is 13.2. The first-order valence-corrected chi connectivity index (χ1v) is 10.4. The number of rotatable bonds is 6. The van der Waals surface area contributed by atoms with Gasteiger partial charge in [-0.15, -0.1) is 12.4 Å². The third kappa shape index (κ3) is 4.72. The summed E-state index contributed by atoms with van der Waals surface area (Å²) in [4.78, 5) is 28.2. The number of nitrogens with one attached hydrogen (secondary N) is 1. The fourth-order valence-electron chi connectivity index (χ4n) is 4.16. The number of aryl methyl sites for hydroxylation is 3. The zero-order chi connectivity index (χ0) is 21.3. The Morgan fingerprint density at radius 2 is 1.90 bits per heavy atom. The number of hydrogen-bond donors (Lipinski definition) is 1. The van der Waals surface area contributed by atoms with E-state index in [9.17, 15) is 9.59 Å². The van der Waals surface area contributed by atoms with E-state index in [1.807, 2.05) is 36.1 Å². The average Bonchev–Trinajstić information content (AvgIpc) is 3.50. The first-order chi connectivity index (χ1) is 14.5. The minimum atomic E-state index is -0.219. The molecule has 2 aliphatic rings. The van der Waals surface area contributed by atoms with Crippen LogP contribution in [0.4, 0.5) is 0 Å². The van der Waals surface area contributed by atoms with Gasteiger partial charge in [0.2, 0.25) is 0 Å². The molecule has 1 aromatic heterocycles. The van der Waals surface area contributed by atoms with E-state index in [1.165, 1.54) is 0 Å². The number of pyridine rings is 1. The second kappa shape index (κ2) is 9.32. The molecule has 1 saturated carbocycles. The van der Waals surface area contributed by atoms with Crippen molar-refractivity contribution in [1.29, 1.82) is 0 Å². The standard InChI is InChI=1S/C23H29N3O4.ClH/c1-16-6-11-25(12-7-17-4-5-18(29-2)19(14-17)30-3)21(27)20(16)22(28)26-13-10-24-23(15-26)8-9-23;/h4-6,11,14,24H,7-10,12-13,15H2,1-3H3;1H. The third-order valence-corrected chi connectivity index (χ3v) is 6.19. The normalized spacial score (nSPS) is 16.5. The van der Waals surface area contributed by atoms with Crippen LogP contribution in [0.25, 0.3) is 0 Å². The second-order valence-electron chi connectivity index (χ2n) is 8.25. The second-order valence-corrected chi connectivity index (χ2v) is 8.25. The monoisotopic (exact) mass is 447 g/mol. The van der Waals surface area contributed by atoms with E-state index in [0.717, 1.165) is 30.5 Å². The molecule has 2 aromatic rings. The SMILES string of the molecule is COc1ccc(CCn2ccc(C)c(C(=O)N3CCNC4(CC4)C3)c2=O)cc1OC.Cl. The lowest BCUT2D eigenvalue weighted by atomic mass is 10.1. The van der Waals surface area contributed by atoms with Gasteiger partial charge in [0.25, 0.3) is 11.5 Å². The number of piperazine rings is 1. The molecule has 1 saturated heterocycles.